The van der Waals surface area contributed by atoms with E-state index in [1.165, 1.54) is 21.7 Å². The van der Waals surface area contributed by atoms with Crippen LogP contribution in [0.4, 0.5) is 0 Å². The maximum atomic E-state index is 4.58. The van der Waals surface area contributed by atoms with E-state index in [1.807, 2.05) is 85.2 Å². The largest absolute Gasteiger partial charge is 0.305 e. The predicted octanol–water partition coefficient (Wildman–Crippen LogP) is 8.46. The molecule has 7 rings (SSSR count). The van der Waals surface area contributed by atoms with Crippen molar-refractivity contribution in [3.63, 3.8) is 0 Å². The number of pyridine rings is 3. The topological polar surface area (TPSA) is 38.7 Å². The molecular formula is C35H23IrN3-2. The molecule has 0 saturated heterocycles. The van der Waals surface area contributed by atoms with Crippen LogP contribution in [-0.4, -0.2) is 15.0 Å². The van der Waals surface area contributed by atoms with E-state index >= 15 is 0 Å². The van der Waals surface area contributed by atoms with Crippen LogP contribution in [0.5, 0.6) is 0 Å². The third-order valence-electron chi connectivity index (χ3n) is 6.33. The van der Waals surface area contributed by atoms with Crippen LogP contribution in [0.25, 0.3) is 55.3 Å². The Hall–Kier alpha value is -4.50. The van der Waals surface area contributed by atoms with Crippen molar-refractivity contribution < 1.29 is 20.1 Å². The molecule has 0 N–H and O–H groups in total. The quantitative estimate of drug-likeness (QED) is 0.139. The SMILES string of the molecule is [Ir].[c-]1ccc(-c2cc3ncccc3c3ccccc23)cc1-c1ccccn1.[c-]1ccccc1-c1ccccn1. The van der Waals surface area contributed by atoms with Crippen LogP contribution in [0, 0.1) is 12.1 Å². The second kappa shape index (κ2) is 12.4. The Balaban J connectivity index is 0.000000200. The Bertz CT molecular complexity index is 1770. The van der Waals surface area contributed by atoms with Gasteiger partial charge in [0.15, 0.2) is 0 Å². The number of hydrogen-bond donors (Lipinski definition) is 0. The smallest absolute Gasteiger partial charge is 0.0713 e. The van der Waals surface area contributed by atoms with Gasteiger partial charge in [-0.2, -0.15) is 0 Å². The number of nitrogens with zero attached hydrogens (tertiary/aromatic N) is 3. The molecule has 3 aromatic heterocycles. The molecule has 0 aliphatic carbocycles. The zero-order valence-corrected chi connectivity index (χ0v) is 23.3. The molecule has 3 heterocycles. The van der Waals surface area contributed by atoms with Crippen LogP contribution in [-0.2, 0) is 20.1 Å². The molecular weight excluding hydrogens is 655 g/mol. The van der Waals surface area contributed by atoms with Crippen molar-refractivity contribution in [2.24, 2.45) is 0 Å². The first-order chi connectivity index (χ1) is 18.9. The van der Waals surface area contributed by atoms with Crippen molar-refractivity contribution in [3.05, 3.63) is 152 Å². The summed E-state index contributed by atoms with van der Waals surface area (Å²) in [5.41, 5.74) is 7.27. The van der Waals surface area contributed by atoms with Gasteiger partial charge in [0.25, 0.3) is 0 Å². The maximum absolute atomic E-state index is 4.58. The zero-order valence-electron chi connectivity index (χ0n) is 21.0. The summed E-state index contributed by atoms with van der Waals surface area (Å²) in [6.07, 6.45) is 5.44. The number of rotatable bonds is 3. The van der Waals surface area contributed by atoms with Crippen LogP contribution in [0.2, 0.25) is 0 Å². The summed E-state index contributed by atoms with van der Waals surface area (Å²) < 4.78 is 0. The van der Waals surface area contributed by atoms with E-state index in [-0.39, 0.29) is 20.1 Å². The summed E-state index contributed by atoms with van der Waals surface area (Å²) in [5.74, 6) is 0. The van der Waals surface area contributed by atoms with E-state index < -0.39 is 0 Å². The molecule has 0 saturated carbocycles. The normalized spacial score (nSPS) is 10.4. The van der Waals surface area contributed by atoms with Crippen molar-refractivity contribution in [2.75, 3.05) is 0 Å². The molecule has 39 heavy (non-hydrogen) atoms. The van der Waals surface area contributed by atoms with Gasteiger partial charge in [0.05, 0.1) is 5.52 Å². The molecule has 7 aromatic rings. The van der Waals surface area contributed by atoms with E-state index in [4.69, 9.17) is 0 Å². The van der Waals surface area contributed by atoms with Gasteiger partial charge in [-0.25, -0.2) is 0 Å². The van der Waals surface area contributed by atoms with E-state index in [1.54, 1.807) is 6.20 Å². The third-order valence-corrected chi connectivity index (χ3v) is 6.33. The second-order valence-corrected chi connectivity index (χ2v) is 8.74. The molecule has 4 aromatic carbocycles. The van der Waals surface area contributed by atoms with Crippen LogP contribution in [0.3, 0.4) is 0 Å². The predicted molar refractivity (Wildman–Crippen MR) is 155 cm³/mol. The number of fused-ring (bicyclic) bond motifs is 3. The molecule has 0 spiro atoms. The second-order valence-electron chi connectivity index (χ2n) is 8.74. The van der Waals surface area contributed by atoms with Gasteiger partial charge in [-0.1, -0.05) is 54.6 Å². The van der Waals surface area contributed by atoms with Crippen molar-refractivity contribution in [1.82, 2.24) is 15.0 Å². The van der Waals surface area contributed by atoms with Crippen LogP contribution < -0.4 is 0 Å². The fraction of sp³-hybridized carbons (Fsp3) is 0. The summed E-state index contributed by atoms with van der Waals surface area (Å²) in [7, 11) is 0. The standard InChI is InChI=1S/C24H15N2.C11H8N.Ir/c1-2-10-20-19(9-1)21-11-6-14-26-24(21)16-22(20)17-7-5-8-18(15-17)23-12-3-4-13-25-23;1-2-6-10(7-3-1)11-8-4-5-9-12-11;/h1-7,9-16H;1-6,8-9H;/q2*-1;. The molecule has 0 fully saturated rings. The molecule has 0 atom stereocenters. The first-order valence-corrected chi connectivity index (χ1v) is 12.4. The first kappa shape index (κ1) is 26.1. The van der Waals surface area contributed by atoms with E-state index in [0.717, 1.165) is 33.6 Å². The zero-order chi connectivity index (χ0) is 25.6. The summed E-state index contributed by atoms with van der Waals surface area (Å²) in [6, 6.07) is 47.1. The van der Waals surface area contributed by atoms with Crippen molar-refractivity contribution in [3.8, 4) is 33.6 Å². The summed E-state index contributed by atoms with van der Waals surface area (Å²) in [4.78, 5) is 13.2. The van der Waals surface area contributed by atoms with E-state index in [2.05, 4.69) is 75.6 Å². The van der Waals surface area contributed by atoms with Crippen LogP contribution >= 0.6 is 0 Å². The monoisotopic (exact) mass is 678 g/mol. The Morgan fingerprint density at radius 3 is 1.82 bits per heavy atom. The number of aromatic nitrogens is 3. The van der Waals surface area contributed by atoms with E-state index in [9.17, 15) is 0 Å². The Kier molecular flexibility index (Phi) is 8.28. The molecule has 4 heteroatoms. The van der Waals surface area contributed by atoms with Crippen molar-refractivity contribution in [1.29, 1.82) is 0 Å². The minimum atomic E-state index is 0. The van der Waals surface area contributed by atoms with Gasteiger partial charge < -0.3 is 9.97 Å². The maximum Gasteiger partial charge on any atom is 0.0713 e. The van der Waals surface area contributed by atoms with Gasteiger partial charge >= 0.3 is 0 Å². The van der Waals surface area contributed by atoms with E-state index in [0.29, 0.717) is 0 Å². The van der Waals surface area contributed by atoms with Crippen molar-refractivity contribution >= 4 is 21.7 Å². The number of benzene rings is 4. The van der Waals surface area contributed by atoms with Gasteiger partial charge in [0.2, 0.25) is 0 Å². The molecule has 189 valence electrons. The molecule has 0 amide bonds. The fourth-order valence-electron chi connectivity index (χ4n) is 4.55. The number of hydrogen-bond acceptors (Lipinski definition) is 3. The Morgan fingerprint density at radius 1 is 0.462 bits per heavy atom. The van der Waals surface area contributed by atoms with Gasteiger partial charge in [-0.15, -0.1) is 71.3 Å². The van der Waals surface area contributed by atoms with Crippen molar-refractivity contribution in [2.45, 2.75) is 0 Å². The van der Waals surface area contributed by atoms with Crippen LogP contribution in [0.15, 0.2) is 140 Å². The minimum absolute atomic E-state index is 0. The Labute approximate surface area is 241 Å². The molecule has 0 unspecified atom stereocenters. The molecule has 0 bridgehead atoms. The van der Waals surface area contributed by atoms with Gasteiger partial charge in [-0.3, -0.25) is 4.98 Å². The van der Waals surface area contributed by atoms with Crippen LogP contribution in [0.1, 0.15) is 0 Å². The summed E-state index contributed by atoms with van der Waals surface area (Å²) in [5, 5.41) is 3.63. The van der Waals surface area contributed by atoms with Gasteiger partial charge in [-0.05, 0) is 52.0 Å². The molecule has 1 radical (unpaired) electrons. The van der Waals surface area contributed by atoms with Gasteiger partial charge in [0.1, 0.15) is 0 Å². The summed E-state index contributed by atoms with van der Waals surface area (Å²) in [6.45, 7) is 0. The first-order valence-electron chi connectivity index (χ1n) is 12.4. The molecule has 0 aliphatic heterocycles. The molecule has 0 aliphatic rings. The molecule has 3 nitrogen and oxygen atoms in total. The average molecular weight is 678 g/mol. The average Bonchev–Trinajstić information content (AvgIpc) is 3.02. The Morgan fingerprint density at radius 2 is 1.10 bits per heavy atom. The summed E-state index contributed by atoms with van der Waals surface area (Å²) >= 11 is 0. The third kappa shape index (κ3) is 5.83. The van der Waals surface area contributed by atoms with Gasteiger partial charge in [0, 0.05) is 44.1 Å². The fourth-order valence-corrected chi connectivity index (χ4v) is 4.55. The minimum Gasteiger partial charge on any atom is -0.305 e.